The highest BCUT2D eigenvalue weighted by Crippen LogP contribution is 2.19. The molecule has 5 nitrogen and oxygen atoms in total. The van der Waals surface area contributed by atoms with E-state index in [4.69, 9.17) is 5.26 Å². The Balaban J connectivity index is 3.08. The summed E-state index contributed by atoms with van der Waals surface area (Å²) in [4.78, 5) is 4.01. The summed E-state index contributed by atoms with van der Waals surface area (Å²) in [7, 11) is -3.60. The molecular weight excluding hydrogens is 330 g/mol. The third kappa shape index (κ3) is 4.56. The van der Waals surface area contributed by atoms with Crippen LogP contribution in [0.25, 0.3) is 0 Å². The molecule has 1 aromatic heterocycles. The Morgan fingerprint density at radius 3 is 2.68 bits per heavy atom. The van der Waals surface area contributed by atoms with E-state index >= 15 is 0 Å². The molecule has 7 heteroatoms. The third-order valence-electron chi connectivity index (χ3n) is 2.36. The molecule has 1 rings (SSSR count). The molecule has 0 amide bonds. The number of hydrogen-bond acceptors (Lipinski definition) is 4. The lowest BCUT2D eigenvalue weighted by atomic mass is 10.2. The smallest absolute Gasteiger partial charge is 0.244 e. The molecule has 0 aliphatic heterocycles. The molecule has 0 aromatic carbocycles. The number of nitriles is 1. The van der Waals surface area contributed by atoms with E-state index in [1.54, 1.807) is 0 Å². The summed E-state index contributed by atoms with van der Waals surface area (Å²) >= 11 is 3.21. The van der Waals surface area contributed by atoms with Crippen molar-refractivity contribution in [3.63, 3.8) is 0 Å². The SMILES string of the molecule is CC(C)CN(CCC#N)S(=O)(=O)c1cncc(Br)c1. The Morgan fingerprint density at radius 2 is 2.16 bits per heavy atom. The Labute approximate surface area is 122 Å². The fourth-order valence-electron chi connectivity index (χ4n) is 1.57. The standard InChI is InChI=1S/C12H16BrN3O2S/c1-10(2)9-16(5-3-4-14)19(17,18)12-6-11(13)7-15-8-12/h6-8,10H,3,5,9H2,1-2H3. The minimum absolute atomic E-state index is 0.139. The van der Waals surface area contributed by atoms with Crippen molar-refractivity contribution in [1.29, 1.82) is 5.26 Å². The molecule has 0 atom stereocenters. The van der Waals surface area contributed by atoms with Gasteiger partial charge in [-0.3, -0.25) is 4.98 Å². The van der Waals surface area contributed by atoms with Gasteiger partial charge in [-0.2, -0.15) is 9.57 Å². The first kappa shape index (κ1) is 16.1. The number of halogens is 1. The number of nitrogens with zero attached hydrogens (tertiary/aromatic N) is 3. The van der Waals surface area contributed by atoms with E-state index in [2.05, 4.69) is 20.9 Å². The van der Waals surface area contributed by atoms with Crippen molar-refractivity contribution >= 4 is 26.0 Å². The van der Waals surface area contributed by atoms with E-state index in [9.17, 15) is 8.42 Å². The van der Waals surface area contributed by atoms with Gasteiger partial charge in [0, 0.05) is 36.4 Å². The van der Waals surface area contributed by atoms with Gasteiger partial charge in [-0.15, -0.1) is 0 Å². The molecule has 0 saturated carbocycles. The number of aromatic nitrogens is 1. The average molecular weight is 346 g/mol. The highest BCUT2D eigenvalue weighted by atomic mass is 79.9. The van der Waals surface area contributed by atoms with Crippen LogP contribution < -0.4 is 0 Å². The highest BCUT2D eigenvalue weighted by Gasteiger charge is 2.25. The van der Waals surface area contributed by atoms with Gasteiger partial charge >= 0.3 is 0 Å². The molecule has 0 aliphatic rings. The molecule has 0 bridgehead atoms. The Bertz CT molecular complexity index is 567. The van der Waals surface area contributed by atoms with Gasteiger partial charge in [-0.05, 0) is 27.9 Å². The Morgan fingerprint density at radius 1 is 1.47 bits per heavy atom. The quantitative estimate of drug-likeness (QED) is 0.793. The maximum absolute atomic E-state index is 12.5. The maximum atomic E-state index is 12.5. The van der Waals surface area contributed by atoms with Crippen LogP contribution in [0.4, 0.5) is 0 Å². The van der Waals surface area contributed by atoms with E-state index in [1.165, 1.54) is 22.8 Å². The molecule has 0 saturated heterocycles. The van der Waals surface area contributed by atoms with E-state index < -0.39 is 10.0 Å². The predicted octanol–water partition coefficient (Wildman–Crippen LogP) is 2.40. The van der Waals surface area contributed by atoms with Crippen LogP contribution in [0, 0.1) is 17.2 Å². The topological polar surface area (TPSA) is 74.1 Å². The summed E-state index contributed by atoms with van der Waals surface area (Å²) in [5.74, 6) is 0.188. The lowest BCUT2D eigenvalue weighted by Crippen LogP contribution is -2.35. The zero-order valence-electron chi connectivity index (χ0n) is 10.9. The van der Waals surface area contributed by atoms with Gasteiger partial charge in [0.25, 0.3) is 0 Å². The predicted molar refractivity (Wildman–Crippen MR) is 75.8 cm³/mol. The van der Waals surface area contributed by atoms with Crippen LogP contribution in [-0.4, -0.2) is 30.8 Å². The number of sulfonamides is 1. The second kappa shape index (κ2) is 6.98. The van der Waals surface area contributed by atoms with Gasteiger partial charge in [0.05, 0.1) is 6.07 Å². The van der Waals surface area contributed by atoms with E-state index in [-0.39, 0.29) is 23.8 Å². The molecule has 1 aromatic rings. The van der Waals surface area contributed by atoms with Crippen molar-refractivity contribution in [2.24, 2.45) is 5.92 Å². The van der Waals surface area contributed by atoms with Crippen molar-refractivity contribution in [2.75, 3.05) is 13.1 Å². The van der Waals surface area contributed by atoms with Crippen LogP contribution >= 0.6 is 15.9 Å². The van der Waals surface area contributed by atoms with E-state index in [0.717, 1.165) is 0 Å². The van der Waals surface area contributed by atoms with Gasteiger partial charge in [-0.25, -0.2) is 8.42 Å². The molecule has 19 heavy (non-hydrogen) atoms. The van der Waals surface area contributed by atoms with Gasteiger partial charge in [0.15, 0.2) is 0 Å². The second-order valence-electron chi connectivity index (χ2n) is 4.50. The molecule has 0 fully saturated rings. The van der Waals surface area contributed by atoms with Crippen LogP contribution in [0.5, 0.6) is 0 Å². The van der Waals surface area contributed by atoms with Crippen molar-refractivity contribution < 1.29 is 8.42 Å². The summed E-state index contributed by atoms with van der Waals surface area (Å²) in [6, 6.07) is 3.49. The van der Waals surface area contributed by atoms with Crippen molar-refractivity contribution in [3.8, 4) is 6.07 Å². The van der Waals surface area contributed by atoms with Crippen molar-refractivity contribution in [2.45, 2.75) is 25.2 Å². The summed E-state index contributed by atoms with van der Waals surface area (Å²) in [5, 5.41) is 8.64. The maximum Gasteiger partial charge on any atom is 0.244 e. The molecular formula is C12H16BrN3O2S. The van der Waals surface area contributed by atoms with Crippen LogP contribution in [-0.2, 0) is 10.0 Å². The average Bonchev–Trinajstić information content (AvgIpc) is 2.34. The van der Waals surface area contributed by atoms with Gasteiger partial charge in [0.1, 0.15) is 4.90 Å². The number of pyridine rings is 1. The molecule has 104 valence electrons. The second-order valence-corrected chi connectivity index (χ2v) is 7.36. The fourth-order valence-corrected chi connectivity index (χ4v) is 3.68. The first-order valence-electron chi connectivity index (χ1n) is 5.85. The first-order valence-corrected chi connectivity index (χ1v) is 8.09. The largest absolute Gasteiger partial charge is 0.262 e. The lowest BCUT2D eigenvalue weighted by Gasteiger charge is -2.22. The molecule has 0 aliphatic carbocycles. The lowest BCUT2D eigenvalue weighted by molar-refractivity contribution is 0.372. The monoisotopic (exact) mass is 345 g/mol. The third-order valence-corrected chi connectivity index (χ3v) is 4.62. The minimum Gasteiger partial charge on any atom is -0.262 e. The number of rotatable bonds is 6. The van der Waals surface area contributed by atoms with Gasteiger partial charge in [-0.1, -0.05) is 13.8 Å². The highest BCUT2D eigenvalue weighted by molar-refractivity contribution is 9.10. The van der Waals surface area contributed by atoms with Crippen LogP contribution in [0.15, 0.2) is 27.8 Å². The van der Waals surface area contributed by atoms with Crippen molar-refractivity contribution in [3.05, 3.63) is 22.9 Å². The van der Waals surface area contributed by atoms with Crippen LogP contribution in [0.3, 0.4) is 0 Å². The van der Waals surface area contributed by atoms with E-state index in [1.807, 2.05) is 19.9 Å². The summed E-state index contributed by atoms with van der Waals surface area (Å²) in [6.07, 6.45) is 3.02. The van der Waals surface area contributed by atoms with Crippen LogP contribution in [0.2, 0.25) is 0 Å². The zero-order valence-corrected chi connectivity index (χ0v) is 13.3. The molecule has 0 radical (unpaired) electrons. The summed E-state index contributed by atoms with van der Waals surface area (Å²) < 4.78 is 26.9. The fraction of sp³-hybridized carbons (Fsp3) is 0.500. The zero-order chi connectivity index (χ0) is 14.5. The van der Waals surface area contributed by atoms with E-state index in [0.29, 0.717) is 11.0 Å². The van der Waals surface area contributed by atoms with Gasteiger partial charge in [0.2, 0.25) is 10.0 Å². The molecule has 0 N–H and O–H groups in total. The number of hydrogen-bond donors (Lipinski definition) is 0. The Kier molecular flexibility index (Phi) is 5.91. The summed E-state index contributed by atoms with van der Waals surface area (Å²) in [6.45, 7) is 4.46. The molecule has 1 heterocycles. The first-order chi connectivity index (χ1) is 8.87. The summed E-state index contributed by atoms with van der Waals surface area (Å²) in [5.41, 5.74) is 0. The van der Waals surface area contributed by atoms with Gasteiger partial charge < -0.3 is 0 Å². The van der Waals surface area contributed by atoms with Crippen molar-refractivity contribution in [1.82, 2.24) is 9.29 Å². The normalized spacial score (nSPS) is 11.8. The minimum atomic E-state index is -3.60. The Hall–Kier alpha value is -0.970. The molecule has 0 spiro atoms. The van der Waals surface area contributed by atoms with Crippen LogP contribution in [0.1, 0.15) is 20.3 Å². The molecule has 0 unspecified atom stereocenters.